The highest BCUT2D eigenvalue weighted by Crippen LogP contribution is 2.20. The number of hydrogen-bond donors (Lipinski definition) is 3. The number of rotatable bonds is 19. The molecule has 294 valence electrons. The van der Waals surface area contributed by atoms with Gasteiger partial charge in [-0.3, -0.25) is 14.6 Å². The van der Waals surface area contributed by atoms with Crippen LogP contribution in [0.25, 0.3) is 0 Å². The average molecular weight is 788 g/mol. The number of ketones is 1. The molecule has 5 rings (SSSR count). The number of urea groups is 1. The van der Waals surface area contributed by atoms with Crippen LogP contribution < -0.4 is 16.0 Å². The second kappa shape index (κ2) is 21.4. The summed E-state index contributed by atoms with van der Waals surface area (Å²) >= 11 is 3.00. The Morgan fingerprint density at radius 1 is 0.873 bits per heavy atom. The van der Waals surface area contributed by atoms with Gasteiger partial charge in [0.15, 0.2) is 0 Å². The predicted molar refractivity (Wildman–Crippen MR) is 216 cm³/mol. The number of alkyl carbamates (subject to hydrolysis) is 1. The minimum absolute atomic E-state index is 0.139. The summed E-state index contributed by atoms with van der Waals surface area (Å²) in [5.74, 6) is 0.273. The molecule has 1 aliphatic heterocycles. The first-order chi connectivity index (χ1) is 26.6. The van der Waals surface area contributed by atoms with E-state index in [2.05, 4.69) is 44.7 Å². The molecular formula is C41H53N7O5S2. The van der Waals surface area contributed by atoms with Crippen molar-refractivity contribution < 1.29 is 23.9 Å². The first-order valence-corrected chi connectivity index (χ1v) is 20.8. The van der Waals surface area contributed by atoms with E-state index in [9.17, 15) is 19.2 Å². The van der Waals surface area contributed by atoms with E-state index in [1.54, 1.807) is 35.0 Å². The fourth-order valence-corrected chi connectivity index (χ4v) is 7.78. The van der Waals surface area contributed by atoms with Gasteiger partial charge in [-0.25, -0.2) is 14.6 Å². The minimum Gasteiger partial charge on any atom is -0.444 e. The number of Topliss-reactive ketones (excluding diaryl/α,β-unsaturated/α-hetero) is 1. The molecule has 3 heterocycles. The Bertz CT molecular complexity index is 1780. The Balaban J connectivity index is 1.28. The summed E-state index contributed by atoms with van der Waals surface area (Å²) < 4.78 is 5.52. The lowest BCUT2D eigenvalue weighted by Crippen LogP contribution is -2.54. The van der Waals surface area contributed by atoms with Gasteiger partial charge in [0.25, 0.3) is 0 Å². The van der Waals surface area contributed by atoms with Crippen molar-refractivity contribution in [1.82, 2.24) is 35.7 Å². The van der Waals surface area contributed by atoms with Gasteiger partial charge < -0.3 is 30.5 Å². The van der Waals surface area contributed by atoms with Gasteiger partial charge in [0.1, 0.15) is 18.4 Å². The van der Waals surface area contributed by atoms with Gasteiger partial charge in [-0.1, -0.05) is 74.5 Å². The number of piperidine rings is 1. The molecule has 55 heavy (non-hydrogen) atoms. The summed E-state index contributed by atoms with van der Waals surface area (Å²) in [6, 6.07) is 18.2. The van der Waals surface area contributed by atoms with E-state index in [1.807, 2.05) is 66.0 Å². The molecular weight excluding hydrogens is 735 g/mol. The number of benzene rings is 2. The number of nitrogens with one attached hydrogen (secondary N) is 3. The van der Waals surface area contributed by atoms with Crippen molar-refractivity contribution in [2.45, 2.75) is 96.0 Å². The molecule has 0 radical (unpaired) electrons. The number of thiazole rings is 2. The molecule has 0 unspecified atom stereocenters. The molecule has 3 N–H and O–H groups in total. The number of carbonyl (C=O) groups is 4. The van der Waals surface area contributed by atoms with Crippen molar-refractivity contribution in [3.63, 3.8) is 0 Å². The third-order valence-electron chi connectivity index (χ3n) is 9.58. The number of nitrogens with zero attached hydrogens (tertiary/aromatic N) is 4. The van der Waals surface area contributed by atoms with E-state index in [-0.39, 0.29) is 36.4 Å². The largest absolute Gasteiger partial charge is 0.444 e. The normalized spacial score (nSPS) is 14.9. The van der Waals surface area contributed by atoms with Crippen LogP contribution >= 0.6 is 22.7 Å². The number of aromatic nitrogens is 2. The van der Waals surface area contributed by atoms with Crippen LogP contribution in [0.4, 0.5) is 9.59 Å². The number of amides is 4. The second-order valence-corrected chi connectivity index (χ2v) is 16.3. The summed E-state index contributed by atoms with van der Waals surface area (Å²) in [4.78, 5) is 66.0. The highest BCUT2D eigenvalue weighted by atomic mass is 32.1. The quantitative estimate of drug-likeness (QED) is 0.100. The highest BCUT2D eigenvalue weighted by Gasteiger charge is 2.28. The van der Waals surface area contributed by atoms with Crippen LogP contribution in [-0.4, -0.2) is 88.4 Å². The zero-order valence-corrected chi connectivity index (χ0v) is 33.6. The van der Waals surface area contributed by atoms with Gasteiger partial charge in [-0.2, -0.15) is 0 Å². The molecule has 14 heteroatoms. The van der Waals surface area contributed by atoms with E-state index in [0.29, 0.717) is 77.0 Å². The molecule has 4 aromatic rings. The summed E-state index contributed by atoms with van der Waals surface area (Å²) in [7, 11) is 1.70. The van der Waals surface area contributed by atoms with Crippen molar-refractivity contribution in [2.24, 2.45) is 0 Å². The summed E-state index contributed by atoms with van der Waals surface area (Å²) in [5.41, 5.74) is 4.64. The molecule has 1 saturated heterocycles. The number of ether oxygens (including phenoxy) is 1. The molecule has 0 bridgehead atoms. The van der Waals surface area contributed by atoms with E-state index >= 15 is 0 Å². The molecule has 0 saturated carbocycles. The van der Waals surface area contributed by atoms with Crippen LogP contribution in [-0.2, 0) is 40.3 Å². The van der Waals surface area contributed by atoms with Crippen LogP contribution in [0.2, 0.25) is 0 Å². The molecule has 1 aliphatic rings. The minimum atomic E-state index is -0.813. The SMILES string of the molecule is CC(C)c1nc(CN(C)C(=O)N[C@@H](CCN2CCC(=O)CC2)C(=O)N[C@H](CC[C@H](Cc2ccccc2)NC(=O)OCc2cncs2)Cc2ccccc2)cs1. The second-order valence-electron chi connectivity index (χ2n) is 14.4. The maximum Gasteiger partial charge on any atom is 0.407 e. The fraction of sp³-hybridized carbons (Fsp3) is 0.463. The Kier molecular flexibility index (Phi) is 16.2. The van der Waals surface area contributed by atoms with Crippen LogP contribution in [0.15, 0.2) is 77.8 Å². The van der Waals surface area contributed by atoms with Crippen LogP contribution in [0.1, 0.15) is 78.6 Å². The number of carbonyl (C=O) groups excluding carboxylic acids is 4. The van der Waals surface area contributed by atoms with Crippen molar-refractivity contribution in [3.05, 3.63) is 104 Å². The smallest absolute Gasteiger partial charge is 0.407 e. The summed E-state index contributed by atoms with van der Waals surface area (Å²) in [6.45, 7) is 6.48. The number of likely N-dealkylation sites (tertiary alicyclic amines) is 1. The van der Waals surface area contributed by atoms with Crippen LogP contribution in [0.3, 0.4) is 0 Å². The Labute approximate surface area is 332 Å². The van der Waals surface area contributed by atoms with Gasteiger partial charge >= 0.3 is 12.1 Å². The Hall–Kier alpha value is -4.66. The van der Waals surface area contributed by atoms with Crippen molar-refractivity contribution >= 4 is 46.5 Å². The lowest BCUT2D eigenvalue weighted by Gasteiger charge is -2.30. The molecule has 4 amide bonds. The van der Waals surface area contributed by atoms with E-state index in [0.717, 1.165) is 26.7 Å². The maximum absolute atomic E-state index is 14.3. The predicted octanol–water partition coefficient (Wildman–Crippen LogP) is 6.33. The first kappa shape index (κ1) is 41.5. The van der Waals surface area contributed by atoms with Crippen molar-refractivity contribution in [1.29, 1.82) is 0 Å². The van der Waals surface area contributed by atoms with Crippen LogP contribution in [0.5, 0.6) is 0 Å². The monoisotopic (exact) mass is 787 g/mol. The van der Waals surface area contributed by atoms with Crippen LogP contribution in [0, 0.1) is 0 Å². The van der Waals surface area contributed by atoms with Crippen molar-refractivity contribution in [2.75, 3.05) is 26.7 Å². The third-order valence-corrected chi connectivity index (χ3v) is 11.5. The zero-order valence-electron chi connectivity index (χ0n) is 31.9. The van der Waals surface area contributed by atoms with Gasteiger partial charge in [0.2, 0.25) is 5.91 Å². The van der Waals surface area contributed by atoms with Gasteiger partial charge in [0.05, 0.1) is 27.6 Å². The number of hydrogen-bond acceptors (Lipinski definition) is 10. The molecule has 1 fully saturated rings. The third kappa shape index (κ3) is 14.2. The zero-order chi connectivity index (χ0) is 39.0. The Morgan fingerprint density at radius 2 is 1.51 bits per heavy atom. The van der Waals surface area contributed by atoms with Crippen molar-refractivity contribution in [3.8, 4) is 0 Å². The summed E-state index contributed by atoms with van der Waals surface area (Å²) in [5, 5.41) is 12.3. The van der Waals surface area contributed by atoms with E-state index in [4.69, 9.17) is 4.74 Å². The Morgan fingerprint density at radius 3 is 2.09 bits per heavy atom. The maximum atomic E-state index is 14.3. The van der Waals surface area contributed by atoms with Gasteiger partial charge in [-0.05, 0) is 43.2 Å². The molecule has 12 nitrogen and oxygen atoms in total. The molecule has 0 aliphatic carbocycles. The van der Waals surface area contributed by atoms with Gasteiger partial charge in [0, 0.05) is 69.1 Å². The lowest BCUT2D eigenvalue weighted by atomic mass is 9.95. The first-order valence-electron chi connectivity index (χ1n) is 19.0. The lowest BCUT2D eigenvalue weighted by molar-refractivity contribution is -0.124. The average Bonchev–Trinajstić information content (AvgIpc) is 3.89. The highest BCUT2D eigenvalue weighted by molar-refractivity contribution is 7.09. The van der Waals surface area contributed by atoms with E-state index in [1.165, 1.54) is 11.3 Å². The molecule has 3 atom stereocenters. The molecule has 2 aromatic carbocycles. The topological polar surface area (TPSA) is 146 Å². The van der Waals surface area contributed by atoms with Gasteiger partial charge in [-0.15, -0.1) is 22.7 Å². The molecule has 0 spiro atoms. The fourth-order valence-electron chi connectivity index (χ4n) is 6.45. The standard InChI is InChI=1S/C41H53N7O5S2/c1-29(2)39-44-34(27-54-39)25-47(3)40(51)46-37(18-21-48-19-16-35(49)17-20-48)38(50)43-32(22-30-10-6-4-7-11-30)14-15-33(23-31-12-8-5-9-13-31)45-41(52)53-26-36-24-42-28-55-36/h4-13,24,27-29,32-33,37H,14-23,25-26H2,1-3H3,(H,43,50)(H,45,52)(H,46,51)/t32-,33-,37+/m1/s1. The summed E-state index contributed by atoms with van der Waals surface area (Å²) in [6.07, 6.45) is 4.82. The molecule has 2 aromatic heterocycles. The van der Waals surface area contributed by atoms with E-state index < -0.39 is 12.1 Å².